The second-order valence-corrected chi connectivity index (χ2v) is 7.74. The molecule has 1 aromatic carbocycles. The first-order chi connectivity index (χ1) is 12.6. The molecule has 2 saturated heterocycles. The molecule has 0 saturated carbocycles. The minimum atomic E-state index is -0.734. The molecule has 0 spiro atoms. The number of piperidine rings is 1. The fraction of sp³-hybridized carbons (Fsp3) is 0.632. The van der Waals surface area contributed by atoms with E-state index in [0.717, 1.165) is 50.6 Å². The summed E-state index contributed by atoms with van der Waals surface area (Å²) in [6.07, 6.45) is 2.08. The van der Waals surface area contributed by atoms with Crippen molar-refractivity contribution in [2.24, 2.45) is 5.92 Å². The van der Waals surface area contributed by atoms with E-state index >= 15 is 0 Å². The van der Waals surface area contributed by atoms with Gasteiger partial charge in [0, 0.05) is 30.1 Å². The van der Waals surface area contributed by atoms with Gasteiger partial charge in [-0.15, -0.1) is 0 Å². The van der Waals surface area contributed by atoms with Crippen LogP contribution in [0.1, 0.15) is 31.4 Å². The van der Waals surface area contributed by atoms with Crippen LogP contribution < -0.4 is 10.9 Å². The molecule has 26 heavy (non-hydrogen) atoms. The number of carboxylic acids is 1. The fourth-order valence-electron chi connectivity index (χ4n) is 4.23. The number of rotatable bonds is 7. The Labute approximate surface area is 160 Å². The molecular weight excluding hydrogens is 352 g/mol. The van der Waals surface area contributed by atoms with Crippen molar-refractivity contribution < 1.29 is 9.90 Å². The third-order valence-corrected chi connectivity index (χ3v) is 5.85. The van der Waals surface area contributed by atoms with E-state index in [1.807, 2.05) is 25.1 Å². The van der Waals surface area contributed by atoms with Crippen molar-refractivity contribution in [3.05, 3.63) is 34.9 Å². The number of halogens is 1. The quantitative estimate of drug-likeness (QED) is 0.672. The minimum Gasteiger partial charge on any atom is -0.480 e. The van der Waals surface area contributed by atoms with Crippen LogP contribution in [0.15, 0.2) is 24.3 Å². The molecule has 144 valence electrons. The Morgan fingerprint density at radius 2 is 2.15 bits per heavy atom. The molecule has 6 nitrogen and oxygen atoms in total. The third kappa shape index (κ3) is 4.96. The lowest BCUT2D eigenvalue weighted by atomic mass is 9.93. The highest BCUT2D eigenvalue weighted by molar-refractivity contribution is 6.30. The number of hydrogen-bond donors (Lipinski definition) is 3. The lowest BCUT2D eigenvalue weighted by molar-refractivity contribution is -0.139. The third-order valence-electron chi connectivity index (χ3n) is 5.61. The van der Waals surface area contributed by atoms with Crippen molar-refractivity contribution in [1.29, 1.82) is 0 Å². The maximum absolute atomic E-state index is 11.0. The van der Waals surface area contributed by atoms with E-state index in [4.69, 9.17) is 16.7 Å². The van der Waals surface area contributed by atoms with Crippen molar-refractivity contribution in [3.63, 3.8) is 0 Å². The van der Waals surface area contributed by atoms with Gasteiger partial charge >= 0.3 is 5.97 Å². The summed E-state index contributed by atoms with van der Waals surface area (Å²) in [5.74, 6) is -0.243. The molecule has 0 aliphatic carbocycles. The molecule has 0 aromatic heterocycles. The SMILES string of the molecule is CCN(CC(=O)O)C1CCN(CC2CNNC2c2cccc(Cl)c2)CC1. The topological polar surface area (TPSA) is 67.8 Å². The van der Waals surface area contributed by atoms with Gasteiger partial charge in [0.1, 0.15) is 0 Å². The fourth-order valence-corrected chi connectivity index (χ4v) is 4.43. The smallest absolute Gasteiger partial charge is 0.317 e. The van der Waals surface area contributed by atoms with E-state index in [1.165, 1.54) is 5.56 Å². The van der Waals surface area contributed by atoms with Crippen molar-refractivity contribution in [2.75, 3.05) is 39.3 Å². The Bertz CT molecular complexity index is 607. The molecule has 2 fully saturated rings. The number of nitrogens with one attached hydrogen (secondary N) is 2. The van der Waals surface area contributed by atoms with Crippen molar-refractivity contribution in [1.82, 2.24) is 20.7 Å². The van der Waals surface area contributed by atoms with E-state index in [9.17, 15) is 4.79 Å². The van der Waals surface area contributed by atoms with Crippen LogP contribution >= 0.6 is 11.6 Å². The van der Waals surface area contributed by atoms with Gasteiger partial charge in [0.05, 0.1) is 12.6 Å². The van der Waals surface area contributed by atoms with Crippen molar-refractivity contribution in [3.8, 4) is 0 Å². The molecule has 2 aliphatic rings. The van der Waals surface area contributed by atoms with Crippen molar-refractivity contribution in [2.45, 2.75) is 31.8 Å². The molecule has 0 radical (unpaired) electrons. The number of nitrogens with zero attached hydrogens (tertiary/aromatic N) is 2. The molecule has 3 rings (SSSR count). The average Bonchev–Trinajstić information content (AvgIpc) is 3.08. The minimum absolute atomic E-state index is 0.147. The number of aliphatic carboxylic acids is 1. The second-order valence-electron chi connectivity index (χ2n) is 7.31. The van der Waals surface area contributed by atoms with Crippen LogP contribution in [0.25, 0.3) is 0 Å². The normalized spacial score (nSPS) is 25.0. The number of carbonyl (C=O) groups is 1. The van der Waals surface area contributed by atoms with Gasteiger partial charge in [-0.3, -0.25) is 15.1 Å². The van der Waals surface area contributed by atoms with E-state index in [2.05, 4.69) is 26.7 Å². The first-order valence-corrected chi connectivity index (χ1v) is 9.86. The summed E-state index contributed by atoms with van der Waals surface area (Å²) >= 11 is 6.15. The van der Waals surface area contributed by atoms with Gasteiger partial charge < -0.3 is 10.0 Å². The van der Waals surface area contributed by atoms with E-state index < -0.39 is 5.97 Å². The molecule has 2 heterocycles. The highest BCUT2D eigenvalue weighted by atomic mass is 35.5. The van der Waals surface area contributed by atoms with Gasteiger partial charge in [-0.2, -0.15) is 0 Å². The monoisotopic (exact) mass is 380 g/mol. The summed E-state index contributed by atoms with van der Waals surface area (Å²) in [6, 6.07) is 8.73. The molecule has 3 N–H and O–H groups in total. The number of hydrogen-bond acceptors (Lipinski definition) is 5. The number of carboxylic acid groups (broad SMARTS) is 1. The van der Waals surface area contributed by atoms with Crippen LogP contribution in [0, 0.1) is 5.92 Å². The Balaban J connectivity index is 1.53. The van der Waals surface area contributed by atoms with Crippen LogP contribution in [0.5, 0.6) is 0 Å². The van der Waals surface area contributed by atoms with E-state index in [-0.39, 0.29) is 12.6 Å². The average molecular weight is 381 g/mol. The molecule has 2 unspecified atom stereocenters. The first-order valence-electron chi connectivity index (χ1n) is 9.49. The van der Waals surface area contributed by atoms with Gasteiger partial charge in [-0.1, -0.05) is 30.7 Å². The van der Waals surface area contributed by atoms with Crippen LogP contribution in [0.3, 0.4) is 0 Å². The second kappa shape index (κ2) is 9.15. The maximum Gasteiger partial charge on any atom is 0.317 e. The summed E-state index contributed by atoms with van der Waals surface area (Å²) in [7, 11) is 0. The van der Waals surface area contributed by atoms with Gasteiger partial charge in [0.2, 0.25) is 0 Å². The highest BCUT2D eigenvalue weighted by Crippen LogP contribution is 2.28. The zero-order valence-electron chi connectivity index (χ0n) is 15.3. The number of benzene rings is 1. The molecule has 0 bridgehead atoms. The summed E-state index contributed by atoms with van der Waals surface area (Å²) < 4.78 is 0. The van der Waals surface area contributed by atoms with Crippen LogP contribution in [-0.4, -0.2) is 66.2 Å². The van der Waals surface area contributed by atoms with Gasteiger partial charge in [-0.05, 0) is 50.2 Å². The summed E-state index contributed by atoms with van der Waals surface area (Å²) in [5.41, 5.74) is 7.91. The number of likely N-dealkylation sites (tertiary alicyclic amines) is 1. The van der Waals surface area contributed by atoms with E-state index in [0.29, 0.717) is 12.0 Å². The lowest BCUT2D eigenvalue weighted by Crippen LogP contribution is -2.47. The first kappa shape index (κ1) is 19.6. The van der Waals surface area contributed by atoms with Crippen LogP contribution in [-0.2, 0) is 4.79 Å². The Morgan fingerprint density at radius 3 is 2.81 bits per heavy atom. The van der Waals surface area contributed by atoms with Crippen molar-refractivity contribution >= 4 is 17.6 Å². The summed E-state index contributed by atoms with van der Waals surface area (Å²) in [6.45, 7) is 7.02. The Morgan fingerprint density at radius 1 is 1.38 bits per heavy atom. The van der Waals surface area contributed by atoms with Gasteiger partial charge in [0.15, 0.2) is 0 Å². The standard InChI is InChI=1S/C19H29ClN4O2/c1-2-24(13-18(25)26)17-6-8-23(9-7-17)12-15-11-21-22-19(15)14-4-3-5-16(20)10-14/h3-5,10,15,17,19,21-22H,2,6-9,11-13H2,1H3,(H,25,26). The van der Waals surface area contributed by atoms with Crippen LogP contribution in [0.4, 0.5) is 0 Å². The zero-order valence-corrected chi connectivity index (χ0v) is 16.1. The van der Waals surface area contributed by atoms with Gasteiger partial charge in [-0.25, -0.2) is 5.43 Å². The highest BCUT2D eigenvalue weighted by Gasteiger charge is 2.32. The zero-order chi connectivity index (χ0) is 18.5. The number of hydrazine groups is 1. The van der Waals surface area contributed by atoms with E-state index in [1.54, 1.807) is 0 Å². The molecule has 0 amide bonds. The van der Waals surface area contributed by atoms with Crippen LogP contribution in [0.2, 0.25) is 5.02 Å². The number of likely N-dealkylation sites (N-methyl/N-ethyl adjacent to an activating group) is 1. The summed E-state index contributed by atoms with van der Waals surface area (Å²) in [4.78, 5) is 15.6. The molecule has 2 aliphatic heterocycles. The lowest BCUT2D eigenvalue weighted by Gasteiger charge is -2.38. The molecular formula is C19H29ClN4O2. The Kier molecular flexibility index (Phi) is 6.89. The summed E-state index contributed by atoms with van der Waals surface area (Å²) in [5, 5.41) is 9.84. The molecule has 7 heteroatoms. The molecule has 1 aromatic rings. The predicted octanol–water partition coefficient (Wildman–Crippen LogP) is 1.98. The largest absolute Gasteiger partial charge is 0.480 e. The Hall–Kier alpha value is -1.18. The maximum atomic E-state index is 11.0. The predicted molar refractivity (Wildman–Crippen MR) is 103 cm³/mol. The molecule has 2 atom stereocenters. The van der Waals surface area contributed by atoms with Gasteiger partial charge in [0.25, 0.3) is 0 Å².